The van der Waals surface area contributed by atoms with Crippen LogP contribution in [0.2, 0.25) is 0 Å². The number of carbonyl (C=O) groups is 2. The average molecular weight is 345 g/mol. The zero-order valence-corrected chi connectivity index (χ0v) is 15.3. The Bertz CT molecular complexity index is 541. The molecule has 0 atom stereocenters. The Labute approximate surface area is 151 Å². The number of amides is 1. The van der Waals surface area contributed by atoms with E-state index in [0.717, 1.165) is 38.5 Å². The smallest absolute Gasteiger partial charge is 0.314 e. The first-order valence-corrected chi connectivity index (χ1v) is 9.64. The zero-order chi connectivity index (χ0) is 18.1. The Morgan fingerprint density at radius 1 is 0.840 bits per heavy atom. The molecule has 0 spiro atoms. The highest BCUT2D eigenvalue weighted by atomic mass is 16.5. The predicted molar refractivity (Wildman–Crippen MR) is 99.2 cm³/mol. The van der Waals surface area contributed by atoms with Crippen molar-refractivity contribution in [2.75, 3.05) is 0 Å². The summed E-state index contributed by atoms with van der Waals surface area (Å²) in [5, 5.41) is 0. The molecule has 2 saturated carbocycles. The lowest BCUT2D eigenvalue weighted by Gasteiger charge is -2.19. The van der Waals surface area contributed by atoms with Gasteiger partial charge in [0.25, 0.3) is 0 Å². The van der Waals surface area contributed by atoms with Gasteiger partial charge in [-0.25, -0.2) is 0 Å². The first-order chi connectivity index (χ1) is 12.1. The maximum absolute atomic E-state index is 11.8. The summed E-state index contributed by atoms with van der Waals surface area (Å²) >= 11 is 0. The molecule has 0 radical (unpaired) electrons. The molecule has 1 aromatic carbocycles. The normalized spacial score (nSPS) is 18.8. The van der Waals surface area contributed by atoms with Gasteiger partial charge in [-0.3, -0.25) is 9.59 Å². The summed E-state index contributed by atoms with van der Waals surface area (Å²) in [5.74, 6) is 0.827. The molecule has 4 heteroatoms. The highest BCUT2D eigenvalue weighted by Gasteiger charge is 2.22. The van der Waals surface area contributed by atoms with E-state index in [2.05, 4.69) is 0 Å². The maximum atomic E-state index is 11.8. The fourth-order valence-corrected chi connectivity index (χ4v) is 3.53. The molecule has 2 N–H and O–H groups in total. The minimum absolute atomic E-state index is 0.0523. The summed E-state index contributed by atoms with van der Waals surface area (Å²) in [4.78, 5) is 22.4. The molecular weight excluding hydrogens is 314 g/mol. The highest BCUT2D eigenvalue weighted by Crippen LogP contribution is 2.25. The SMILES string of the molecule is Cc1ccc(OC(=O)C2CCCCC2)cc1.NC(=O)C1CCCCC1. The third-order valence-electron chi connectivity index (χ3n) is 5.19. The Morgan fingerprint density at radius 3 is 1.76 bits per heavy atom. The number of esters is 1. The summed E-state index contributed by atoms with van der Waals surface area (Å²) in [5.41, 5.74) is 6.31. The van der Waals surface area contributed by atoms with E-state index in [1.54, 1.807) is 0 Å². The number of aryl methyl sites for hydroxylation is 1. The van der Waals surface area contributed by atoms with Crippen molar-refractivity contribution in [1.82, 2.24) is 0 Å². The number of ether oxygens (including phenoxy) is 1. The van der Waals surface area contributed by atoms with Crippen LogP contribution in [0.3, 0.4) is 0 Å². The predicted octanol–water partition coefficient (Wildman–Crippen LogP) is 4.53. The van der Waals surface area contributed by atoms with Crippen LogP contribution >= 0.6 is 0 Å². The van der Waals surface area contributed by atoms with Crippen LogP contribution in [0.1, 0.15) is 69.8 Å². The average Bonchev–Trinajstić information content (AvgIpc) is 2.65. The minimum atomic E-state index is -0.102. The largest absolute Gasteiger partial charge is 0.426 e. The topological polar surface area (TPSA) is 69.4 Å². The van der Waals surface area contributed by atoms with E-state index in [-0.39, 0.29) is 23.7 Å². The molecule has 0 heterocycles. The molecule has 1 aromatic rings. The third kappa shape index (κ3) is 6.89. The molecule has 1 amide bonds. The summed E-state index contributed by atoms with van der Waals surface area (Å²) < 4.78 is 5.37. The van der Waals surface area contributed by atoms with E-state index < -0.39 is 0 Å². The fourth-order valence-electron chi connectivity index (χ4n) is 3.53. The molecular formula is C21H31NO3. The van der Waals surface area contributed by atoms with Crippen molar-refractivity contribution in [3.63, 3.8) is 0 Å². The first-order valence-electron chi connectivity index (χ1n) is 9.64. The lowest BCUT2D eigenvalue weighted by Crippen LogP contribution is -2.24. The third-order valence-corrected chi connectivity index (χ3v) is 5.19. The van der Waals surface area contributed by atoms with Crippen molar-refractivity contribution in [3.05, 3.63) is 29.8 Å². The molecule has 0 saturated heterocycles. The molecule has 138 valence electrons. The van der Waals surface area contributed by atoms with Crippen LogP contribution in [0.25, 0.3) is 0 Å². The lowest BCUT2D eigenvalue weighted by molar-refractivity contribution is -0.140. The fraction of sp³-hybridized carbons (Fsp3) is 0.619. The number of hydrogen-bond donors (Lipinski definition) is 1. The molecule has 2 fully saturated rings. The molecule has 0 aromatic heterocycles. The Morgan fingerprint density at radius 2 is 1.32 bits per heavy atom. The van der Waals surface area contributed by atoms with Gasteiger partial charge in [-0.2, -0.15) is 0 Å². The van der Waals surface area contributed by atoms with Crippen molar-refractivity contribution < 1.29 is 14.3 Å². The molecule has 25 heavy (non-hydrogen) atoms. The summed E-state index contributed by atoms with van der Waals surface area (Å²) in [6.07, 6.45) is 11.3. The van der Waals surface area contributed by atoms with E-state index >= 15 is 0 Å². The van der Waals surface area contributed by atoms with Crippen LogP contribution < -0.4 is 10.5 Å². The Hall–Kier alpha value is -1.84. The van der Waals surface area contributed by atoms with E-state index in [0.29, 0.717) is 5.75 Å². The number of carbonyl (C=O) groups excluding carboxylic acids is 2. The number of nitrogens with two attached hydrogens (primary N) is 1. The Balaban J connectivity index is 0.000000212. The number of benzene rings is 1. The van der Waals surface area contributed by atoms with Gasteiger partial charge < -0.3 is 10.5 Å². The highest BCUT2D eigenvalue weighted by molar-refractivity contribution is 5.76. The second kappa shape index (κ2) is 10.2. The van der Waals surface area contributed by atoms with Crippen LogP contribution in [-0.4, -0.2) is 11.9 Å². The number of hydrogen-bond acceptors (Lipinski definition) is 3. The van der Waals surface area contributed by atoms with Crippen LogP contribution in [0.15, 0.2) is 24.3 Å². The first kappa shape index (κ1) is 19.5. The van der Waals surface area contributed by atoms with Crippen molar-refractivity contribution in [2.45, 2.75) is 71.1 Å². The van der Waals surface area contributed by atoms with Crippen molar-refractivity contribution >= 4 is 11.9 Å². The second-order valence-corrected chi connectivity index (χ2v) is 7.31. The monoisotopic (exact) mass is 345 g/mol. The molecule has 2 aliphatic rings. The molecule has 0 bridgehead atoms. The van der Waals surface area contributed by atoms with E-state index in [1.807, 2.05) is 31.2 Å². The quantitative estimate of drug-likeness (QED) is 0.646. The van der Waals surface area contributed by atoms with E-state index in [4.69, 9.17) is 10.5 Å². The number of primary amides is 1. The molecule has 0 unspecified atom stereocenters. The van der Waals surface area contributed by atoms with Gasteiger partial charge in [0.05, 0.1) is 5.92 Å². The minimum Gasteiger partial charge on any atom is -0.426 e. The number of rotatable bonds is 3. The van der Waals surface area contributed by atoms with Gasteiger partial charge >= 0.3 is 5.97 Å². The molecule has 0 aliphatic heterocycles. The van der Waals surface area contributed by atoms with Crippen LogP contribution in [0.5, 0.6) is 5.75 Å². The Kier molecular flexibility index (Phi) is 7.96. The summed E-state index contributed by atoms with van der Waals surface area (Å²) in [7, 11) is 0. The molecule has 2 aliphatic carbocycles. The van der Waals surface area contributed by atoms with Crippen molar-refractivity contribution in [3.8, 4) is 5.75 Å². The van der Waals surface area contributed by atoms with Crippen LogP contribution in [0.4, 0.5) is 0 Å². The van der Waals surface area contributed by atoms with Gasteiger partial charge in [-0.05, 0) is 44.7 Å². The standard InChI is InChI=1S/C14H18O2.C7H13NO/c1-11-7-9-13(10-8-11)16-14(15)12-5-3-2-4-6-12;8-7(9)6-4-2-1-3-5-6/h7-10,12H,2-6H2,1H3;6H,1-5H2,(H2,8,9). The lowest BCUT2D eigenvalue weighted by atomic mass is 9.89. The van der Waals surface area contributed by atoms with Gasteiger partial charge in [-0.15, -0.1) is 0 Å². The van der Waals surface area contributed by atoms with Crippen LogP contribution in [-0.2, 0) is 9.59 Å². The van der Waals surface area contributed by atoms with Gasteiger partial charge in [0.15, 0.2) is 0 Å². The second-order valence-electron chi connectivity index (χ2n) is 7.31. The maximum Gasteiger partial charge on any atom is 0.314 e. The van der Waals surface area contributed by atoms with Crippen molar-refractivity contribution in [2.24, 2.45) is 17.6 Å². The van der Waals surface area contributed by atoms with Gasteiger partial charge in [0.2, 0.25) is 5.91 Å². The summed E-state index contributed by atoms with van der Waals surface area (Å²) in [6.45, 7) is 2.02. The summed E-state index contributed by atoms with van der Waals surface area (Å²) in [6, 6.07) is 7.64. The molecule has 4 nitrogen and oxygen atoms in total. The van der Waals surface area contributed by atoms with E-state index in [1.165, 1.54) is 31.2 Å². The van der Waals surface area contributed by atoms with Crippen molar-refractivity contribution in [1.29, 1.82) is 0 Å². The van der Waals surface area contributed by atoms with Gasteiger partial charge in [-0.1, -0.05) is 56.2 Å². The molecule has 3 rings (SSSR count). The van der Waals surface area contributed by atoms with Crippen LogP contribution in [0, 0.1) is 18.8 Å². The van der Waals surface area contributed by atoms with E-state index in [9.17, 15) is 9.59 Å². The zero-order valence-electron chi connectivity index (χ0n) is 15.3. The van der Waals surface area contributed by atoms with Gasteiger partial charge in [0, 0.05) is 5.92 Å². The van der Waals surface area contributed by atoms with Gasteiger partial charge in [0.1, 0.15) is 5.75 Å².